The minimum absolute atomic E-state index is 0.135. The Labute approximate surface area is 174 Å². The second-order valence-corrected chi connectivity index (χ2v) is 8.13. The first kappa shape index (κ1) is 21.0. The summed E-state index contributed by atoms with van der Waals surface area (Å²) in [5.41, 5.74) is -0.703. The van der Waals surface area contributed by atoms with Crippen LogP contribution >= 0.6 is 23.2 Å². The van der Waals surface area contributed by atoms with E-state index in [9.17, 15) is 28.0 Å². The highest BCUT2D eigenvalue weighted by atomic mass is 35.5. The molecule has 8 nitrogen and oxygen atoms in total. The number of rotatable bonds is 4. The summed E-state index contributed by atoms with van der Waals surface area (Å²) in [7, 11) is -4.81. The molecule has 3 aromatic rings. The molecule has 0 aliphatic rings. The molecule has 0 atom stereocenters. The molecular weight excluding hydrogens is 443 g/mol. The summed E-state index contributed by atoms with van der Waals surface area (Å²) in [6, 6.07) is 9.00. The van der Waals surface area contributed by atoms with Crippen molar-refractivity contribution in [1.82, 2.24) is 0 Å². The molecule has 0 fully saturated rings. The van der Waals surface area contributed by atoms with Crippen LogP contribution in [-0.2, 0) is 10.1 Å². The summed E-state index contributed by atoms with van der Waals surface area (Å²) in [5, 5.41) is 27.7. The third-order valence-corrected chi connectivity index (χ3v) is 5.88. The lowest BCUT2D eigenvalue weighted by Crippen LogP contribution is -2.01. The molecular formula is C18H12Cl2N2O6S. The van der Waals surface area contributed by atoms with Crippen LogP contribution in [0.15, 0.2) is 51.5 Å². The number of fused-ring (bicyclic) bond motifs is 1. The molecule has 0 aliphatic heterocycles. The number of hydrogen-bond donors (Lipinski definition) is 3. The van der Waals surface area contributed by atoms with Gasteiger partial charge in [-0.25, -0.2) is 4.79 Å². The maximum absolute atomic E-state index is 11.8. The highest BCUT2D eigenvalue weighted by molar-refractivity contribution is 7.86. The molecule has 0 radical (unpaired) electrons. The zero-order valence-electron chi connectivity index (χ0n) is 14.6. The number of azo groups is 1. The fourth-order valence-electron chi connectivity index (χ4n) is 2.73. The summed E-state index contributed by atoms with van der Waals surface area (Å²) in [4.78, 5) is 10.7. The molecule has 0 heterocycles. The van der Waals surface area contributed by atoms with Gasteiger partial charge in [-0.1, -0.05) is 47.5 Å². The minimum Gasteiger partial charge on any atom is -0.505 e. The molecule has 3 rings (SSSR count). The van der Waals surface area contributed by atoms with Gasteiger partial charge < -0.3 is 10.2 Å². The second kappa shape index (κ2) is 7.60. The van der Waals surface area contributed by atoms with E-state index in [1.165, 1.54) is 12.1 Å². The first-order valence-corrected chi connectivity index (χ1v) is 10.1. The molecule has 0 aromatic heterocycles. The van der Waals surface area contributed by atoms with Crippen LogP contribution in [0.5, 0.6) is 5.75 Å². The van der Waals surface area contributed by atoms with Gasteiger partial charge in [0.1, 0.15) is 21.8 Å². The van der Waals surface area contributed by atoms with Crippen LogP contribution in [-0.4, -0.2) is 29.2 Å². The number of nitrogens with zero attached hydrogens (tertiary/aromatic N) is 2. The van der Waals surface area contributed by atoms with Crippen LogP contribution in [0, 0.1) is 6.92 Å². The number of benzene rings is 3. The van der Waals surface area contributed by atoms with Gasteiger partial charge in [0.2, 0.25) is 0 Å². The van der Waals surface area contributed by atoms with E-state index in [1.54, 1.807) is 31.2 Å². The van der Waals surface area contributed by atoms with E-state index in [0.717, 1.165) is 0 Å². The van der Waals surface area contributed by atoms with Crippen molar-refractivity contribution in [2.24, 2.45) is 10.2 Å². The van der Waals surface area contributed by atoms with Crippen LogP contribution in [0.1, 0.15) is 15.9 Å². The SMILES string of the molecule is Cc1cc(Cl)c(S(=O)(=O)O)c(N=Nc2c(O)c(C(=O)O)cc3ccccc23)c1Cl. The molecule has 0 saturated heterocycles. The number of hydrogen-bond acceptors (Lipinski definition) is 6. The maximum Gasteiger partial charge on any atom is 0.339 e. The third-order valence-electron chi connectivity index (χ3n) is 4.06. The minimum atomic E-state index is -4.81. The monoisotopic (exact) mass is 454 g/mol. The van der Waals surface area contributed by atoms with E-state index in [-0.39, 0.29) is 15.7 Å². The Hall–Kier alpha value is -2.72. The van der Waals surface area contributed by atoms with E-state index in [2.05, 4.69) is 10.2 Å². The van der Waals surface area contributed by atoms with Crippen molar-refractivity contribution >= 4 is 61.4 Å². The van der Waals surface area contributed by atoms with Gasteiger partial charge in [0.05, 0.1) is 10.0 Å². The van der Waals surface area contributed by atoms with Gasteiger partial charge in [0.15, 0.2) is 5.75 Å². The van der Waals surface area contributed by atoms with Crippen molar-refractivity contribution in [2.75, 3.05) is 0 Å². The molecule has 29 heavy (non-hydrogen) atoms. The third kappa shape index (κ3) is 3.90. The highest BCUT2D eigenvalue weighted by Crippen LogP contribution is 2.43. The normalized spacial score (nSPS) is 12.0. The number of carbonyl (C=O) groups is 1. The Balaban J connectivity index is 2.34. The van der Waals surface area contributed by atoms with Crippen LogP contribution in [0.3, 0.4) is 0 Å². The Bertz CT molecular complexity index is 1310. The zero-order valence-corrected chi connectivity index (χ0v) is 16.9. The molecule has 0 amide bonds. The molecule has 11 heteroatoms. The maximum atomic E-state index is 11.8. The smallest absolute Gasteiger partial charge is 0.339 e. The summed E-state index contributed by atoms with van der Waals surface area (Å²) >= 11 is 12.1. The van der Waals surface area contributed by atoms with Crippen molar-refractivity contribution in [3.05, 3.63) is 57.6 Å². The average molecular weight is 455 g/mol. The van der Waals surface area contributed by atoms with Crippen LogP contribution in [0.4, 0.5) is 11.4 Å². The Morgan fingerprint density at radius 2 is 1.69 bits per heavy atom. The number of aryl methyl sites for hydroxylation is 1. The van der Waals surface area contributed by atoms with Crippen LogP contribution in [0.2, 0.25) is 10.0 Å². The van der Waals surface area contributed by atoms with Crippen molar-refractivity contribution in [2.45, 2.75) is 11.8 Å². The second-order valence-electron chi connectivity index (χ2n) is 5.99. The van der Waals surface area contributed by atoms with Crippen molar-refractivity contribution in [3.63, 3.8) is 0 Å². The number of halogens is 2. The van der Waals surface area contributed by atoms with Gasteiger partial charge in [-0.3, -0.25) is 4.55 Å². The molecule has 3 aromatic carbocycles. The van der Waals surface area contributed by atoms with E-state index >= 15 is 0 Å². The van der Waals surface area contributed by atoms with Gasteiger partial charge in [-0.15, -0.1) is 10.2 Å². The summed E-state index contributed by atoms with van der Waals surface area (Å²) in [6.07, 6.45) is 0. The first-order chi connectivity index (χ1) is 13.5. The highest BCUT2D eigenvalue weighted by Gasteiger charge is 2.25. The molecule has 0 spiro atoms. The topological polar surface area (TPSA) is 137 Å². The summed E-state index contributed by atoms with van der Waals surface area (Å²) in [5.74, 6) is -2.05. The number of aromatic carboxylic acids is 1. The van der Waals surface area contributed by atoms with E-state index < -0.39 is 38.0 Å². The number of phenols is 1. The van der Waals surface area contributed by atoms with Gasteiger partial charge in [0.25, 0.3) is 10.1 Å². The molecule has 0 saturated carbocycles. The largest absolute Gasteiger partial charge is 0.505 e. The predicted molar refractivity (Wildman–Crippen MR) is 108 cm³/mol. The van der Waals surface area contributed by atoms with E-state index in [4.69, 9.17) is 23.2 Å². The lowest BCUT2D eigenvalue weighted by atomic mass is 10.0. The van der Waals surface area contributed by atoms with Gasteiger partial charge in [0, 0.05) is 5.39 Å². The van der Waals surface area contributed by atoms with Gasteiger partial charge in [-0.2, -0.15) is 8.42 Å². The lowest BCUT2D eigenvalue weighted by Gasteiger charge is -2.10. The van der Waals surface area contributed by atoms with Gasteiger partial charge in [-0.05, 0) is 30.0 Å². The predicted octanol–water partition coefficient (Wildman–Crippen LogP) is 5.52. The van der Waals surface area contributed by atoms with Crippen molar-refractivity contribution < 1.29 is 28.0 Å². The molecule has 0 aliphatic carbocycles. The van der Waals surface area contributed by atoms with Gasteiger partial charge >= 0.3 is 5.97 Å². The van der Waals surface area contributed by atoms with Crippen LogP contribution < -0.4 is 0 Å². The van der Waals surface area contributed by atoms with Crippen LogP contribution in [0.25, 0.3) is 10.8 Å². The molecule has 0 unspecified atom stereocenters. The van der Waals surface area contributed by atoms with Crippen molar-refractivity contribution in [1.29, 1.82) is 0 Å². The number of carboxylic acid groups (broad SMARTS) is 1. The Morgan fingerprint density at radius 3 is 2.31 bits per heavy atom. The van der Waals surface area contributed by atoms with Crippen molar-refractivity contribution in [3.8, 4) is 5.75 Å². The summed E-state index contributed by atoms with van der Waals surface area (Å²) in [6.45, 7) is 1.54. The number of carboxylic acids is 1. The quantitative estimate of drug-likeness (QED) is 0.350. The fraction of sp³-hybridized carbons (Fsp3) is 0.0556. The first-order valence-electron chi connectivity index (χ1n) is 7.88. The number of aromatic hydroxyl groups is 1. The summed E-state index contributed by atoms with van der Waals surface area (Å²) < 4.78 is 33.0. The average Bonchev–Trinajstić information content (AvgIpc) is 2.62. The Kier molecular flexibility index (Phi) is 5.50. The molecule has 0 bridgehead atoms. The standard InChI is InChI=1S/C18H12Cl2N2O6S/c1-8-6-12(19)17(29(26,27)28)15(13(8)20)22-21-14-10-5-3-2-4-9(10)7-11(16(14)23)18(24)25/h2-7,23H,1H3,(H,24,25)(H,26,27,28). The van der Waals surface area contributed by atoms with E-state index in [1.807, 2.05) is 0 Å². The Morgan fingerprint density at radius 1 is 1.07 bits per heavy atom. The molecule has 3 N–H and O–H groups in total. The van der Waals surface area contributed by atoms with E-state index in [0.29, 0.717) is 16.3 Å². The zero-order chi connectivity index (χ0) is 21.5. The fourth-order valence-corrected chi connectivity index (χ4v) is 4.22. The molecule has 150 valence electrons. The lowest BCUT2D eigenvalue weighted by molar-refractivity contribution is 0.0694.